The first kappa shape index (κ1) is 14.6. The van der Waals surface area contributed by atoms with Crippen LogP contribution in [0.5, 0.6) is 0 Å². The number of hydrogen-bond donors (Lipinski definition) is 1. The highest BCUT2D eigenvalue weighted by atomic mass is 16.2. The van der Waals surface area contributed by atoms with E-state index < -0.39 is 0 Å². The van der Waals surface area contributed by atoms with Gasteiger partial charge in [-0.1, -0.05) is 24.8 Å². The van der Waals surface area contributed by atoms with Crippen LogP contribution in [0.25, 0.3) is 0 Å². The molecule has 1 saturated heterocycles. The van der Waals surface area contributed by atoms with Crippen molar-refractivity contribution < 1.29 is 9.59 Å². The van der Waals surface area contributed by atoms with Crippen LogP contribution < -0.4 is 10.2 Å². The summed E-state index contributed by atoms with van der Waals surface area (Å²) in [5.74, 6) is -0.357. The minimum Gasteiger partial charge on any atom is -0.366 e. The molecule has 2 amide bonds. The monoisotopic (exact) mass is 299 g/mol. The van der Waals surface area contributed by atoms with Gasteiger partial charge in [0.2, 0.25) is 11.8 Å². The van der Waals surface area contributed by atoms with Gasteiger partial charge in [0.05, 0.1) is 6.54 Å². The summed E-state index contributed by atoms with van der Waals surface area (Å²) in [6.07, 6.45) is 3.45. The number of anilines is 1. The molecule has 2 aliphatic heterocycles. The van der Waals surface area contributed by atoms with Crippen molar-refractivity contribution in [2.75, 3.05) is 24.5 Å². The summed E-state index contributed by atoms with van der Waals surface area (Å²) < 4.78 is 0. The number of para-hydroxylation sites is 1. The van der Waals surface area contributed by atoms with Gasteiger partial charge in [0.15, 0.2) is 0 Å². The normalized spacial score (nSPS) is 19.9. The van der Waals surface area contributed by atoms with Crippen LogP contribution in [0.1, 0.15) is 18.4 Å². The number of rotatable bonds is 3. The minimum atomic E-state index is -0.314. The lowest BCUT2D eigenvalue weighted by Crippen LogP contribution is -2.44. The number of fused-ring (bicyclic) bond motifs is 3. The van der Waals surface area contributed by atoms with Crippen LogP contribution in [0.15, 0.2) is 36.9 Å². The smallest absolute Gasteiger partial charge is 0.243 e. The number of benzene rings is 1. The molecule has 1 atom stereocenters. The number of carbonyl (C=O) groups is 2. The lowest BCUT2D eigenvalue weighted by molar-refractivity contribution is -0.132. The molecule has 0 bridgehead atoms. The van der Waals surface area contributed by atoms with Crippen molar-refractivity contribution in [3.8, 4) is 0 Å². The van der Waals surface area contributed by atoms with Gasteiger partial charge < -0.3 is 15.1 Å². The highest BCUT2D eigenvalue weighted by Crippen LogP contribution is 2.32. The second kappa shape index (κ2) is 6.22. The van der Waals surface area contributed by atoms with Crippen molar-refractivity contribution in [1.82, 2.24) is 10.2 Å². The summed E-state index contributed by atoms with van der Waals surface area (Å²) in [5, 5.41) is 2.57. The van der Waals surface area contributed by atoms with Crippen LogP contribution in [0.3, 0.4) is 0 Å². The Morgan fingerprint density at radius 1 is 1.36 bits per heavy atom. The zero-order chi connectivity index (χ0) is 15.5. The summed E-state index contributed by atoms with van der Waals surface area (Å²) >= 11 is 0. The standard InChI is InChI=1S/C17H21N3O2/c1-2-16(21)18-10-17(22)19-11-13-6-3-4-8-15(13)20-9-5-7-14(20)12-19/h2-4,6,8,14H,1,5,7,9-12H2,(H,18,21)/t14-/m0/s1. The fourth-order valence-corrected chi connectivity index (χ4v) is 3.33. The molecule has 0 aliphatic carbocycles. The van der Waals surface area contributed by atoms with Gasteiger partial charge in [-0.15, -0.1) is 0 Å². The van der Waals surface area contributed by atoms with Crippen molar-refractivity contribution in [1.29, 1.82) is 0 Å². The maximum Gasteiger partial charge on any atom is 0.243 e. The van der Waals surface area contributed by atoms with Crippen LogP contribution in [0, 0.1) is 0 Å². The first-order chi connectivity index (χ1) is 10.7. The van der Waals surface area contributed by atoms with Gasteiger partial charge in [-0.05, 0) is 30.5 Å². The van der Waals surface area contributed by atoms with E-state index in [0.29, 0.717) is 12.6 Å². The first-order valence-corrected chi connectivity index (χ1v) is 7.71. The Morgan fingerprint density at radius 2 is 2.18 bits per heavy atom. The molecule has 3 rings (SSSR count). The molecule has 5 nitrogen and oxygen atoms in total. The van der Waals surface area contributed by atoms with Crippen molar-refractivity contribution in [3.05, 3.63) is 42.5 Å². The second-order valence-corrected chi connectivity index (χ2v) is 5.81. The third kappa shape index (κ3) is 2.84. The van der Waals surface area contributed by atoms with Crippen molar-refractivity contribution in [3.63, 3.8) is 0 Å². The highest BCUT2D eigenvalue weighted by molar-refractivity contribution is 5.90. The molecule has 1 N–H and O–H groups in total. The molecular weight excluding hydrogens is 278 g/mol. The fraction of sp³-hybridized carbons (Fsp3) is 0.412. The third-order valence-electron chi connectivity index (χ3n) is 4.42. The van der Waals surface area contributed by atoms with E-state index in [-0.39, 0.29) is 18.4 Å². The Hall–Kier alpha value is -2.30. The predicted octanol–water partition coefficient (Wildman–Crippen LogP) is 1.30. The Kier molecular flexibility index (Phi) is 4.13. The molecule has 1 aromatic rings. The second-order valence-electron chi connectivity index (χ2n) is 5.81. The molecule has 1 fully saturated rings. The van der Waals surface area contributed by atoms with Crippen LogP contribution in [0.2, 0.25) is 0 Å². The Bertz CT molecular complexity index is 599. The molecule has 0 spiro atoms. The van der Waals surface area contributed by atoms with Crippen molar-refractivity contribution in [2.45, 2.75) is 25.4 Å². The van der Waals surface area contributed by atoms with E-state index in [2.05, 4.69) is 35.0 Å². The average molecular weight is 299 g/mol. The lowest BCUT2D eigenvalue weighted by atomic mass is 10.1. The van der Waals surface area contributed by atoms with Gasteiger partial charge in [-0.2, -0.15) is 0 Å². The van der Waals surface area contributed by atoms with Crippen LogP contribution in [-0.2, 0) is 16.1 Å². The zero-order valence-electron chi connectivity index (χ0n) is 12.6. The van der Waals surface area contributed by atoms with Gasteiger partial charge in [-0.3, -0.25) is 9.59 Å². The average Bonchev–Trinajstić information content (AvgIpc) is 2.94. The Morgan fingerprint density at radius 3 is 3.00 bits per heavy atom. The van der Waals surface area contributed by atoms with E-state index in [9.17, 15) is 9.59 Å². The van der Waals surface area contributed by atoms with Crippen LogP contribution in [-0.4, -0.2) is 42.4 Å². The van der Waals surface area contributed by atoms with E-state index in [4.69, 9.17) is 0 Å². The molecule has 1 aromatic carbocycles. The summed E-state index contributed by atoms with van der Waals surface area (Å²) in [4.78, 5) is 27.9. The largest absolute Gasteiger partial charge is 0.366 e. The van der Waals surface area contributed by atoms with Gasteiger partial charge in [0.25, 0.3) is 0 Å². The zero-order valence-corrected chi connectivity index (χ0v) is 12.6. The Labute approximate surface area is 130 Å². The van der Waals surface area contributed by atoms with E-state index in [0.717, 1.165) is 25.9 Å². The SMILES string of the molecule is C=CC(=O)NCC(=O)N1Cc2ccccc2N2CCC[C@H]2C1. The third-order valence-corrected chi connectivity index (χ3v) is 4.42. The van der Waals surface area contributed by atoms with Crippen molar-refractivity contribution in [2.24, 2.45) is 0 Å². The molecule has 0 saturated carbocycles. The Balaban J connectivity index is 1.78. The molecule has 22 heavy (non-hydrogen) atoms. The maximum absolute atomic E-state index is 12.4. The topological polar surface area (TPSA) is 52.7 Å². The van der Waals surface area contributed by atoms with E-state index in [1.807, 2.05) is 11.0 Å². The minimum absolute atomic E-state index is 0.0275. The van der Waals surface area contributed by atoms with Crippen LogP contribution >= 0.6 is 0 Å². The highest BCUT2D eigenvalue weighted by Gasteiger charge is 2.32. The number of nitrogens with zero attached hydrogens (tertiary/aromatic N) is 2. The summed E-state index contributed by atoms with van der Waals surface area (Å²) in [6.45, 7) is 5.80. The summed E-state index contributed by atoms with van der Waals surface area (Å²) in [6, 6.07) is 8.66. The quantitative estimate of drug-likeness (QED) is 0.856. The molecule has 2 heterocycles. The first-order valence-electron chi connectivity index (χ1n) is 7.71. The van der Waals surface area contributed by atoms with E-state index in [1.54, 1.807) is 0 Å². The number of amides is 2. The molecule has 0 unspecified atom stereocenters. The van der Waals surface area contributed by atoms with Gasteiger partial charge >= 0.3 is 0 Å². The van der Waals surface area contributed by atoms with Gasteiger partial charge in [0, 0.05) is 31.4 Å². The van der Waals surface area contributed by atoms with E-state index in [1.165, 1.54) is 17.3 Å². The molecule has 2 aliphatic rings. The number of carbonyl (C=O) groups excluding carboxylic acids is 2. The fourth-order valence-electron chi connectivity index (χ4n) is 3.33. The maximum atomic E-state index is 12.4. The van der Waals surface area contributed by atoms with Gasteiger partial charge in [-0.25, -0.2) is 0 Å². The van der Waals surface area contributed by atoms with Crippen LogP contribution in [0.4, 0.5) is 5.69 Å². The predicted molar refractivity (Wildman–Crippen MR) is 85.4 cm³/mol. The summed E-state index contributed by atoms with van der Waals surface area (Å²) in [7, 11) is 0. The van der Waals surface area contributed by atoms with Crippen molar-refractivity contribution >= 4 is 17.5 Å². The van der Waals surface area contributed by atoms with Gasteiger partial charge in [0.1, 0.15) is 0 Å². The summed E-state index contributed by atoms with van der Waals surface area (Å²) in [5.41, 5.74) is 2.42. The lowest BCUT2D eigenvalue weighted by Gasteiger charge is -2.27. The molecule has 0 aromatic heterocycles. The molecule has 0 radical (unpaired) electrons. The molecular formula is C17H21N3O2. The molecule has 116 valence electrons. The van der Waals surface area contributed by atoms with E-state index >= 15 is 0 Å². The number of hydrogen-bond acceptors (Lipinski definition) is 3. The molecule has 5 heteroatoms. The number of nitrogens with one attached hydrogen (secondary N) is 1.